The molecule has 9 nitrogen and oxygen atoms in total. The van der Waals surface area contributed by atoms with Crippen LogP contribution < -0.4 is 9.54 Å². The first kappa shape index (κ1) is 25.7. The summed E-state index contributed by atoms with van der Waals surface area (Å²) in [5.74, 6) is 2.61. The number of hydrogen-bond donors (Lipinski definition) is 0. The summed E-state index contributed by atoms with van der Waals surface area (Å²) in [6, 6.07) is 14.7. The largest absolute Gasteiger partial charge is 0.495 e. The molecular formula is C24H21N5O4S2. The Morgan fingerprint density at radius 1 is 1.14 bits per heavy atom. The van der Waals surface area contributed by atoms with E-state index in [4.69, 9.17) is 21.7 Å². The fourth-order valence-corrected chi connectivity index (χ4v) is 5.84. The summed E-state index contributed by atoms with van der Waals surface area (Å²) in [5, 5.41) is 17.6. The van der Waals surface area contributed by atoms with Crippen LogP contribution in [0.15, 0.2) is 52.4 Å². The zero-order valence-electron chi connectivity index (χ0n) is 18.8. The molecule has 1 aromatic heterocycles. The van der Waals surface area contributed by atoms with Gasteiger partial charge in [-0.1, -0.05) is 23.3 Å². The molecule has 0 N–H and O–H groups in total. The molecule has 3 rings (SSSR count). The lowest BCUT2D eigenvalue weighted by atomic mass is 10.2. The Morgan fingerprint density at radius 2 is 1.80 bits per heavy atom. The first-order valence-corrected chi connectivity index (χ1v) is 12.7. The van der Waals surface area contributed by atoms with Crippen LogP contribution in [0.25, 0.3) is 10.2 Å². The minimum atomic E-state index is -3.93. The molecule has 0 aliphatic rings. The number of nitriles is 2. The van der Waals surface area contributed by atoms with Gasteiger partial charge < -0.3 is 9.30 Å². The van der Waals surface area contributed by atoms with Crippen molar-refractivity contribution in [2.75, 3.05) is 20.2 Å². The number of carbonyl (C=O) groups is 1. The number of ether oxygens (including phenoxy) is 1. The second-order valence-electron chi connectivity index (χ2n) is 7.14. The number of sulfonamides is 1. The molecule has 0 unspecified atom stereocenters. The summed E-state index contributed by atoms with van der Waals surface area (Å²) in [6.07, 6.45) is 5.52. The summed E-state index contributed by atoms with van der Waals surface area (Å²) >= 11 is 1.29. The van der Waals surface area contributed by atoms with Crippen molar-refractivity contribution in [3.63, 3.8) is 0 Å². The molecule has 178 valence electrons. The van der Waals surface area contributed by atoms with E-state index in [1.165, 1.54) is 35.6 Å². The van der Waals surface area contributed by atoms with Crippen LogP contribution in [0.3, 0.4) is 0 Å². The fourth-order valence-electron chi connectivity index (χ4n) is 3.36. The first-order chi connectivity index (χ1) is 16.9. The van der Waals surface area contributed by atoms with Gasteiger partial charge in [0.15, 0.2) is 4.80 Å². The van der Waals surface area contributed by atoms with E-state index in [0.717, 1.165) is 14.5 Å². The van der Waals surface area contributed by atoms with E-state index < -0.39 is 15.9 Å². The Bertz CT molecular complexity index is 1510. The summed E-state index contributed by atoms with van der Waals surface area (Å²) in [4.78, 5) is 17.5. The van der Waals surface area contributed by atoms with Crippen molar-refractivity contribution in [3.05, 3.63) is 52.8 Å². The Balaban J connectivity index is 1.96. The van der Waals surface area contributed by atoms with Crippen molar-refractivity contribution in [1.29, 1.82) is 10.5 Å². The summed E-state index contributed by atoms with van der Waals surface area (Å²) in [5.41, 5.74) is 0.932. The number of nitrogens with zero attached hydrogens (tertiary/aromatic N) is 5. The topological polar surface area (TPSA) is 129 Å². The molecule has 0 aliphatic carbocycles. The Hall–Kier alpha value is -3.95. The molecule has 0 bridgehead atoms. The van der Waals surface area contributed by atoms with Crippen molar-refractivity contribution < 1.29 is 17.9 Å². The van der Waals surface area contributed by atoms with Crippen molar-refractivity contribution in [2.45, 2.75) is 24.3 Å². The van der Waals surface area contributed by atoms with Crippen LogP contribution in [0.5, 0.6) is 5.75 Å². The van der Waals surface area contributed by atoms with Crippen molar-refractivity contribution in [2.24, 2.45) is 4.99 Å². The number of rotatable bonds is 9. The van der Waals surface area contributed by atoms with Gasteiger partial charge in [-0.3, -0.25) is 4.79 Å². The first-order valence-electron chi connectivity index (χ1n) is 10.4. The fraction of sp³-hybridized carbons (Fsp3) is 0.250. The van der Waals surface area contributed by atoms with Gasteiger partial charge in [0.05, 0.1) is 35.4 Å². The van der Waals surface area contributed by atoms with Gasteiger partial charge in [0.1, 0.15) is 11.3 Å². The summed E-state index contributed by atoms with van der Waals surface area (Å²) < 4.78 is 35.0. The van der Waals surface area contributed by atoms with Crippen LogP contribution in [0.4, 0.5) is 0 Å². The van der Waals surface area contributed by atoms with Gasteiger partial charge >= 0.3 is 0 Å². The second kappa shape index (κ2) is 11.5. The van der Waals surface area contributed by atoms with Gasteiger partial charge in [-0.2, -0.15) is 19.8 Å². The lowest BCUT2D eigenvalue weighted by Gasteiger charge is -2.20. The maximum atomic E-state index is 13.0. The minimum absolute atomic E-state index is 0.00226. The number of terminal acetylenes is 1. The smallest absolute Gasteiger partial charge is 0.279 e. The molecule has 2 aromatic carbocycles. The van der Waals surface area contributed by atoms with Crippen LogP contribution in [0.2, 0.25) is 0 Å². The number of para-hydroxylation sites is 1. The molecular weight excluding hydrogens is 486 g/mol. The number of methoxy groups -OCH3 is 1. The molecule has 0 radical (unpaired) electrons. The average molecular weight is 508 g/mol. The lowest BCUT2D eigenvalue weighted by molar-refractivity contribution is 0.0997. The molecule has 1 amide bonds. The van der Waals surface area contributed by atoms with E-state index in [2.05, 4.69) is 10.9 Å². The predicted octanol–water partition coefficient (Wildman–Crippen LogP) is 2.90. The SMILES string of the molecule is C#CCn1c(=NC(=O)c2ccc(S(=O)(=O)N(CCC#N)CCC#N)cc2)sc2cccc(OC)c21. The van der Waals surface area contributed by atoms with Crippen molar-refractivity contribution in [1.82, 2.24) is 8.87 Å². The number of carbonyl (C=O) groups excluding carboxylic acids is 1. The van der Waals surface area contributed by atoms with Gasteiger partial charge in [0.2, 0.25) is 10.0 Å². The molecule has 35 heavy (non-hydrogen) atoms. The van der Waals surface area contributed by atoms with Gasteiger partial charge in [-0.25, -0.2) is 8.42 Å². The van der Waals surface area contributed by atoms with Gasteiger partial charge in [-0.05, 0) is 36.4 Å². The Kier molecular flexibility index (Phi) is 8.40. The molecule has 0 aliphatic heterocycles. The molecule has 0 atom stereocenters. The van der Waals surface area contributed by atoms with Crippen molar-refractivity contribution >= 4 is 37.5 Å². The second-order valence-corrected chi connectivity index (χ2v) is 10.1. The average Bonchev–Trinajstić information content (AvgIpc) is 3.21. The molecule has 0 saturated heterocycles. The highest BCUT2D eigenvalue weighted by atomic mass is 32.2. The van der Waals surface area contributed by atoms with E-state index in [-0.39, 0.29) is 42.9 Å². The molecule has 0 spiro atoms. The molecule has 0 fully saturated rings. The van der Waals surface area contributed by atoms with E-state index >= 15 is 0 Å². The van der Waals surface area contributed by atoms with E-state index in [1.807, 2.05) is 24.3 Å². The van der Waals surface area contributed by atoms with E-state index in [0.29, 0.717) is 10.6 Å². The number of amides is 1. The zero-order valence-corrected chi connectivity index (χ0v) is 20.5. The van der Waals surface area contributed by atoms with Gasteiger partial charge in [0, 0.05) is 31.5 Å². The third-order valence-electron chi connectivity index (χ3n) is 5.02. The zero-order chi connectivity index (χ0) is 25.4. The Labute approximate surface area is 207 Å². The standard InChI is InChI=1S/C24H21N5O4S2/c1-3-15-29-22-20(33-2)7-4-8-21(22)34-24(29)27-23(30)18-9-11-19(12-10-18)35(31,32)28(16-5-13-25)17-6-14-26/h1,4,7-12H,5-6,15-17H2,2H3. The lowest BCUT2D eigenvalue weighted by Crippen LogP contribution is -2.32. The highest BCUT2D eigenvalue weighted by Gasteiger charge is 2.24. The number of aromatic nitrogens is 1. The summed E-state index contributed by atoms with van der Waals surface area (Å²) in [6.45, 7) is 0.132. The predicted molar refractivity (Wildman–Crippen MR) is 131 cm³/mol. The van der Waals surface area contributed by atoms with Crippen LogP contribution in [-0.4, -0.2) is 43.4 Å². The number of benzene rings is 2. The maximum absolute atomic E-state index is 13.0. The number of hydrogen-bond acceptors (Lipinski definition) is 7. The number of thiazole rings is 1. The third kappa shape index (κ3) is 5.59. The Morgan fingerprint density at radius 3 is 2.37 bits per heavy atom. The van der Waals surface area contributed by atoms with Crippen LogP contribution >= 0.6 is 11.3 Å². The number of fused-ring (bicyclic) bond motifs is 1. The van der Waals surface area contributed by atoms with E-state index in [1.54, 1.807) is 17.7 Å². The molecule has 1 heterocycles. The maximum Gasteiger partial charge on any atom is 0.279 e. The molecule has 0 saturated carbocycles. The highest BCUT2D eigenvalue weighted by molar-refractivity contribution is 7.89. The monoisotopic (exact) mass is 507 g/mol. The van der Waals surface area contributed by atoms with Gasteiger partial charge in [0.25, 0.3) is 5.91 Å². The summed E-state index contributed by atoms with van der Waals surface area (Å²) in [7, 11) is -2.39. The molecule has 3 aromatic rings. The quantitative estimate of drug-likeness (QED) is 0.410. The molecule has 11 heteroatoms. The normalized spacial score (nSPS) is 11.7. The highest BCUT2D eigenvalue weighted by Crippen LogP contribution is 2.27. The van der Waals surface area contributed by atoms with Gasteiger partial charge in [-0.15, -0.1) is 6.42 Å². The van der Waals surface area contributed by atoms with Crippen LogP contribution in [0, 0.1) is 35.0 Å². The third-order valence-corrected chi connectivity index (χ3v) is 7.97. The van der Waals surface area contributed by atoms with E-state index in [9.17, 15) is 13.2 Å². The van der Waals surface area contributed by atoms with Crippen LogP contribution in [-0.2, 0) is 16.6 Å². The minimum Gasteiger partial charge on any atom is -0.495 e. The van der Waals surface area contributed by atoms with Crippen LogP contribution in [0.1, 0.15) is 23.2 Å². The van der Waals surface area contributed by atoms with Crippen molar-refractivity contribution in [3.8, 4) is 30.2 Å².